The molecule has 0 N–H and O–H groups in total. The normalized spacial score (nSPS) is 12.5. The third kappa shape index (κ3) is 4.25. The Labute approximate surface area is 94.4 Å². The highest BCUT2D eigenvalue weighted by Gasteiger charge is 2.20. The van der Waals surface area contributed by atoms with Crippen molar-refractivity contribution >= 4 is 5.82 Å². The van der Waals surface area contributed by atoms with Gasteiger partial charge in [0.15, 0.2) is 0 Å². The maximum absolute atomic E-state index is 13.1. The molecule has 0 fully saturated rings. The molecule has 1 unspecified atom stereocenters. The van der Waals surface area contributed by atoms with Crippen molar-refractivity contribution in [3.8, 4) is 5.75 Å². The Balaban J connectivity index is 2.64. The summed E-state index contributed by atoms with van der Waals surface area (Å²) in [5, 5.41) is 10.5. The van der Waals surface area contributed by atoms with Gasteiger partial charge in [-0.25, -0.2) is 13.2 Å². The number of nitro groups is 1. The van der Waals surface area contributed by atoms with Gasteiger partial charge in [0.2, 0.25) is 18.5 Å². The van der Waals surface area contributed by atoms with Crippen molar-refractivity contribution in [3.05, 3.63) is 28.4 Å². The first-order valence-electron chi connectivity index (χ1n) is 4.69. The number of ether oxygens (including phenoxy) is 1. The van der Waals surface area contributed by atoms with Crippen molar-refractivity contribution in [2.45, 2.75) is 25.6 Å². The van der Waals surface area contributed by atoms with Gasteiger partial charge in [-0.3, -0.25) is 0 Å². The smallest absolute Gasteiger partial charge is 0.406 e. The van der Waals surface area contributed by atoms with Gasteiger partial charge in [-0.2, -0.15) is 0 Å². The Hall–Kier alpha value is -1.86. The van der Waals surface area contributed by atoms with Crippen LogP contribution in [0, 0.1) is 10.1 Å². The fourth-order valence-corrected chi connectivity index (χ4v) is 1.07. The molecule has 0 saturated heterocycles. The van der Waals surface area contributed by atoms with E-state index in [1.807, 2.05) is 0 Å². The highest BCUT2D eigenvalue weighted by Crippen LogP contribution is 2.25. The van der Waals surface area contributed by atoms with Crippen molar-refractivity contribution in [1.82, 2.24) is 4.98 Å². The minimum atomic E-state index is -2.64. The van der Waals surface area contributed by atoms with E-state index in [0.717, 1.165) is 12.3 Å². The lowest BCUT2D eigenvalue weighted by molar-refractivity contribution is -0.391. The summed E-state index contributed by atoms with van der Waals surface area (Å²) in [7, 11) is 0. The van der Waals surface area contributed by atoms with Gasteiger partial charge in [0, 0.05) is 12.8 Å². The fraction of sp³-hybridized carbons (Fsp3) is 0.444. The number of halogens is 3. The van der Waals surface area contributed by atoms with Crippen LogP contribution >= 0.6 is 0 Å². The summed E-state index contributed by atoms with van der Waals surface area (Å²) in [6, 6.07) is 2.47. The van der Waals surface area contributed by atoms with Crippen molar-refractivity contribution in [1.29, 1.82) is 0 Å². The predicted octanol–water partition coefficient (Wildman–Crippen LogP) is 2.71. The van der Waals surface area contributed by atoms with E-state index in [-0.39, 0.29) is 5.75 Å². The van der Waals surface area contributed by atoms with Gasteiger partial charge in [0.1, 0.15) is 6.20 Å². The van der Waals surface area contributed by atoms with Crippen molar-refractivity contribution < 1.29 is 22.8 Å². The van der Waals surface area contributed by atoms with Crippen LogP contribution in [0.3, 0.4) is 0 Å². The van der Waals surface area contributed by atoms with Crippen LogP contribution in [0.25, 0.3) is 0 Å². The standard InChI is InChI=1S/C9H9F3N2O3/c10-7(11)3-4-8(12)17-6-2-1-5-13-9(6)14(15)16/h1-2,5,7-8H,3-4H2. The Kier molecular flexibility index (Phi) is 4.68. The quantitative estimate of drug-likeness (QED) is 0.575. The van der Waals surface area contributed by atoms with Crippen LogP contribution < -0.4 is 4.74 Å². The Morgan fingerprint density at radius 3 is 2.71 bits per heavy atom. The molecule has 0 saturated carbocycles. The topological polar surface area (TPSA) is 65.3 Å². The lowest BCUT2D eigenvalue weighted by Crippen LogP contribution is -2.13. The molecule has 0 bridgehead atoms. The molecule has 0 aromatic carbocycles. The van der Waals surface area contributed by atoms with Gasteiger partial charge in [0.25, 0.3) is 0 Å². The molecule has 0 amide bonds. The van der Waals surface area contributed by atoms with Crippen molar-refractivity contribution in [2.24, 2.45) is 0 Å². The Bertz CT molecular complexity index is 390. The largest absolute Gasteiger partial charge is 0.451 e. The summed E-state index contributed by atoms with van der Waals surface area (Å²) < 4.78 is 41.2. The first kappa shape index (κ1) is 13.2. The monoisotopic (exact) mass is 250 g/mol. The zero-order valence-corrected chi connectivity index (χ0v) is 8.55. The number of aromatic nitrogens is 1. The molecule has 17 heavy (non-hydrogen) atoms. The molecule has 0 radical (unpaired) electrons. The third-order valence-electron chi connectivity index (χ3n) is 1.79. The average Bonchev–Trinajstić information content (AvgIpc) is 2.27. The maximum Gasteiger partial charge on any atom is 0.406 e. The summed E-state index contributed by atoms with van der Waals surface area (Å²) in [5.74, 6) is -1.02. The third-order valence-corrected chi connectivity index (χ3v) is 1.79. The molecule has 0 spiro atoms. The summed E-state index contributed by atoms with van der Waals surface area (Å²) in [4.78, 5) is 13.0. The molecule has 5 nitrogen and oxygen atoms in total. The first-order chi connectivity index (χ1) is 8.00. The zero-order chi connectivity index (χ0) is 12.8. The lowest BCUT2D eigenvalue weighted by atomic mass is 10.3. The van der Waals surface area contributed by atoms with Crippen LogP contribution in [0.15, 0.2) is 18.3 Å². The summed E-state index contributed by atoms with van der Waals surface area (Å²) in [6.45, 7) is 0. The number of alkyl halides is 3. The first-order valence-corrected chi connectivity index (χ1v) is 4.69. The maximum atomic E-state index is 13.1. The van der Waals surface area contributed by atoms with E-state index in [4.69, 9.17) is 0 Å². The zero-order valence-electron chi connectivity index (χ0n) is 8.55. The van der Waals surface area contributed by atoms with Gasteiger partial charge in [0.05, 0.1) is 0 Å². The Morgan fingerprint density at radius 1 is 1.41 bits per heavy atom. The molecule has 1 heterocycles. The number of nitrogens with zero attached hydrogens (tertiary/aromatic N) is 2. The molecule has 1 aromatic heterocycles. The summed E-state index contributed by atoms with van der Waals surface area (Å²) >= 11 is 0. The molecular weight excluding hydrogens is 241 g/mol. The van der Waals surface area contributed by atoms with Crippen LogP contribution in [0.1, 0.15) is 12.8 Å². The minimum absolute atomic E-state index is 0.376. The van der Waals surface area contributed by atoms with Crippen molar-refractivity contribution in [3.63, 3.8) is 0 Å². The van der Waals surface area contributed by atoms with Crippen LogP contribution in [-0.2, 0) is 0 Å². The van der Waals surface area contributed by atoms with Crippen molar-refractivity contribution in [2.75, 3.05) is 0 Å². The SMILES string of the molecule is O=[N+]([O-])c1ncccc1OC(F)CCC(F)F. The van der Waals surface area contributed by atoms with Crippen LogP contribution in [0.4, 0.5) is 19.0 Å². The van der Waals surface area contributed by atoms with E-state index in [1.54, 1.807) is 0 Å². The summed E-state index contributed by atoms with van der Waals surface area (Å²) in [6.07, 6.45) is -4.72. The molecule has 1 atom stereocenters. The van der Waals surface area contributed by atoms with E-state index >= 15 is 0 Å². The van der Waals surface area contributed by atoms with Crippen LogP contribution in [0.5, 0.6) is 5.75 Å². The molecule has 0 aliphatic heterocycles. The molecule has 1 aromatic rings. The summed E-state index contributed by atoms with van der Waals surface area (Å²) in [5.41, 5.74) is 0. The second-order valence-corrected chi connectivity index (χ2v) is 3.08. The van der Waals surface area contributed by atoms with E-state index in [1.165, 1.54) is 6.07 Å². The molecule has 0 aliphatic carbocycles. The highest BCUT2D eigenvalue weighted by molar-refractivity contribution is 5.38. The Morgan fingerprint density at radius 2 is 2.12 bits per heavy atom. The van der Waals surface area contributed by atoms with Gasteiger partial charge in [-0.15, -0.1) is 0 Å². The highest BCUT2D eigenvalue weighted by atomic mass is 19.3. The van der Waals surface area contributed by atoms with E-state index in [2.05, 4.69) is 9.72 Å². The molecule has 8 heteroatoms. The lowest BCUT2D eigenvalue weighted by Gasteiger charge is -2.10. The minimum Gasteiger partial charge on any atom is -0.451 e. The molecular formula is C9H9F3N2O3. The molecule has 0 aliphatic rings. The average molecular weight is 250 g/mol. The van der Waals surface area contributed by atoms with E-state index in [9.17, 15) is 23.3 Å². The van der Waals surface area contributed by atoms with E-state index in [0.29, 0.717) is 0 Å². The van der Waals surface area contributed by atoms with Gasteiger partial charge in [-0.1, -0.05) is 0 Å². The van der Waals surface area contributed by atoms with Crippen LogP contribution in [0.2, 0.25) is 0 Å². The van der Waals surface area contributed by atoms with Gasteiger partial charge in [-0.05, 0) is 22.0 Å². The number of hydrogen-bond donors (Lipinski definition) is 0. The predicted molar refractivity (Wildman–Crippen MR) is 51.7 cm³/mol. The number of hydrogen-bond acceptors (Lipinski definition) is 4. The second kappa shape index (κ2) is 6.02. The van der Waals surface area contributed by atoms with Gasteiger partial charge >= 0.3 is 5.82 Å². The molecule has 94 valence electrons. The fourth-order valence-electron chi connectivity index (χ4n) is 1.07. The number of rotatable bonds is 6. The van der Waals surface area contributed by atoms with Gasteiger partial charge < -0.3 is 14.9 Å². The van der Waals surface area contributed by atoms with Crippen LogP contribution in [-0.4, -0.2) is 22.7 Å². The van der Waals surface area contributed by atoms with E-state index < -0.39 is 36.4 Å². The second-order valence-electron chi connectivity index (χ2n) is 3.08. The molecule has 1 rings (SSSR count). The number of pyridine rings is 1.